The van der Waals surface area contributed by atoms with Gasteiger partial charge in [-0.3, -0.25) is 14.9 Å². The number of aliphatic carboxylic acids is 1. The molecule has 11 heteroatoms. The fourth-order valence-corrected chi connectivity index (χ4v) is 4.95. The summed E-state index contributed by atoms with van der Waals surface area (Å²) in [6.07, 6.45) is 1.37. The van der Waals surface area contributed by atoms with Crippen LogP contribution in [0.25, 0.3) is 32.9 Å². The van der Waals surface area contributed by atoms with Crippen molar-refractivity contribution in [3.05, 3.63) is 88.6 Å². The first-order valence-electron chi connectivity index (χ1n) is 11.5. The fourth-order valence-electron chi connectivity index (χ4n) is 3.98. The zero-order chi connectivity index (χ0) is 27.5. The van der Waals surface area contributed by atoms with Gasteiger partial charge in [-0.05, 0) is 53.6 Å². The number of rotatable bonds is 7. The van der Waals surface area contributed by atoms with E-state index in [-0.39, 0.29) is 12.0 Å². The summed E-state index contributed by atoms with van der Waals surface area (Å²) < 4.78 is 5.48. The molecular formula is C28H18ClN5O4S. The van der Waals surface area contributed by atoms with E-state index in [0.717, 1.165) is 5.56 Å². The molecule has 2 aromatic heterocycles. The number of nitrogens with zero attached hydrogens (tertiary/aromatic N) is 4. The van der Waals surface area contributed by atoms with Gasteiger partial charge in [0, 0.05) is 21.7 Å². The highest BCUT2D eigenvalue weighted by Crippen LogP contribution is 2.36. The minimum Gasteiger partial charge on any atom is -0.496 e. The van der Waals surface area contributed by atoms with Crippen LogP contribution in [0.15, 0.2) is 66.9 Å². The lowest BCUT2D eigenvalue weighted by Crippen LogP contribution is -2.14. The van der Waals surface area contributed by atoms with Crippen LogP contribution < -0.4 is 10.1 Å². The molecule has 0 saturated heterocycles. The second-order valence-electron chi connectivity index (χ2n) is 8.34. The highest BCUT2D eigenvalue weighted by Gasteiger charge is 2.20. The van der Waals surface area contributed by atoms with Crippen LogP contribution >= 0.6 is 22.9 Å². The molecule has 5 rings (SSSR count). The lowest BCUT2D eigenvalue weighted by atomic mass is 9.95. The van der Waals surface area contributed by atoms with Gasteiger partial charge in [-0.15, -0.1) is 0 Å². The molecule has 0 atom stereocenters. The van der Waals surface area contributed by atoms with Gasteiger partial charge >= 0.3 is 5.97 Å². The molecule has 9 nitrogen and oxygen atoms in total. The smallest absolute Gasteiger partial charge is 0.307 e. The Balaban J connectivity index is 1.49. The molecule has 0 saturated carbocycles. The number of halogens is 1. The van der Waals surface area contributed by atoms with Crippen LogP contribution in [0.4, 0.5) is 5.13 Å². The van der Waals surface area contributed by atoms with Crippen molar-refractivity contribution in [1.82, 2.24) is 15.0 Å². The Labute approximate surface area is 231 Å². The second-order valence-corrected chi connectivity index (χ2v) is 9.76. The van der Waals surface area contributed by atoms with E-state index < -0.39 is 11.9 Å². The number of aromatic nitrogens is 3. The van der Waals surface area contributed by atoms with Crippen molar-refractivity contribution in [2.24, 2.45) is 0 Å². The normalized spacial score (nSPS) is 10.7. The molecule has 0 bridgehead atoms. The summed E-state index contributed by atoms with van der Waals surface area (Å²) in [6.45, 7) is 0. The highest BCUT2D eigenvalue weighted by atomic mass is 35.5. The van der Waals surface area contributed by atoms with Crippen molar-refractivity contribution in [2.45, 2.75) is 6.42 Å². The SMILES string of the molecule is COc1ccc(Cl)cc1-c1cc(CC(=O)O)ccc1C(=O)Nc1nc2ncc(-c3ccc(C#N)cc3)nc2s1. The number of fused-ring (bicyclic) bond motifs is 1. The van der Waals surface area contributed by atoms with Gasteiger partial charge in [-0.2, -0.15) is 10.2 Å². The number of nitriles is 1. The molecule has 0 radical (unpaired) electrons. The quantitative estimate of drug-likeness (QED) is 0.255. The van der Waals surface area contributed by atoms with E-state index in [0.29, 0.717) is 54.3 Å². The number of hydrogen-bond acceptors (Lipinski definition) is 8. The zero-order valence-electron chi connectivity index (χ0n) is 20.3. The van der Waals surface area contributed by atoms with Crippen LogP contribution in [0.5, 0.6) is 5.75 Å². The molecule has 0 unspecified atom stereocenters. The molecule has 0 fully saturated rings. The van der Waals surface area contributed by atoms with Crippen molar-refractivity contribution in [1.29, 1.82) is 5.26 Å². The van der Waals surface area contributed by atoms with Crippen LogP contribution in [0.3, 0.4) is 0 Å². The molecule has 2 N–H and O–H groups in total. The number of ether oxygens (including phenoxy) is 1. The molecule has 0 aliphatic carbocycles. The number of amides is 1. The van der Waals surface area contributed by atoms with E-state index >= 15 is 0 Å². The Morgan fingerprint density at radius 3 is 2.59 bits per heavy atom. The maximum atomic E-state index is 13.5. The summed E-state index contributed by atoms with van der Waals surface area (Å²) in [5, 5.41) is 21.8. The van der Waals surface area contributed by atoms with Crippen molar-refractivity contribution in [3.8, 4) is 34.2 Å². The molecule has 39 heavy (non-hydrogen) atoms. The van der Waals surface area contributed by atoms with E-state index in [1.54, 1.807) is 66.9 Å². The second kappa shape index (κ2) is 10.9. The van der Waals surface area contributed by atoms with Gasteiger partial charge in [-0.1, -0.05) is 41.1 Å². The topological polar surface area (TPSA) is 138 Å². The first-order chi connectivity index (χ1) is 18.8. The minimum atomic E-state index is -0.994. The van der Waals surface area contributed by atoms with Gasteiger partial charge in [0.15, 0.2) is 15.6 Å². The number of nitrogens with one attached hydrogen (secondary N) is 1. The molecule has 2 heterocycles. The van der Waals surface area contributed by atoms with Gasteiger partial charge in [0.25, 0.3) is 5.91 Å². The standard InChI is InChI=1S/C28H18ClN5O4S/c1-38-23-9-7-18(29)12-21(23)20-10-16(11-24(35)36)4-8-19(20)26(37)34-28-33-25-27(39-28)32-22(14-31-25)17-5-2-15(13-30)3-6-17/h2-10,12,14H,11H2,1H3,(H,35,36)(H,31,33,34,37). The van der Waals surface area contributed by atoms with Crippen LogP contribution in [0.1, 0.15) is 21.5 Å². The van der Waals surface area contributed by atoms with Crippen LogP contribution in [0.2, 0.25) is 5.02 Å². The molecule has 5 aromatic rings. The molecule has 0 aliphatic rings. The number of hydrogen-bond donors (Lipinski definition) is 2. The average Bonchev–Trinajstić information content (AvgIpc) is 3.34. The summed E-state index contributed by atoms with van der Waals surface area (Å²) in [4.78, 5) is 38.7. The number of benzene rings is 3. The number of thiazole rings is 1. The number of carboxylic acid groups (broad SMARTS) is 1. The lowest BCUT2D eigenvalue weighted by Gasteiger charge is -2.14. The van der Waals surface area contributed by atoms with Crippen molar-refractivity contribution < 1.29 is 19.4 Å². The highest BCUT2D eigenvalue weighted by molar-refractivity contribution is 7.21. The molecule has 3 aromatic carbocycles. The van der Waals surface area contributed by atoms with Gasteiger partial charge in [0.2, 0.25) is 0 Å². The number of carboxylic acids is 1. The van der Waals surface area contributed by atoms with Crippen molar-refractivity contribution >= 4 is 50.4 Å². The van der Waals surface area contributed by atoms with E-state index in [1.165, 1.54) is 18.4 Å². The summed E-state index contributed by atoms with van der Waals surface area (Å²) in [5.41, 5.74) is 4.13. The Morgan fingerprint density at radius 2 is 1.87 bits per heavy atom. The third kappa shape index (κ3) is 5.55. The number of carbonyl (C=O) groups excluding carboxylic acids is 1. The Morgan fingerprint density at radius 1 is 1.08 bits per heavy atom. The minimum absolute atomic E-state index is 0.214. The van der Waals surface area contributed by atoms with Gasteiger partial charge in [0.05, 0.1) is 37.1 Å². The van der Waals surface area contributed by atoms with Crippen molar-refractivity contribution in [3.63, 3.8) is 0 Å². The van der Waals surface area contributed by atoms with Crippen LogP contribution in [-0.4, -0.2) is 39.0 Å². The number of carbonyl (C=O) groups is 2. The molecule has 0 spiro atoms. The largest absolute Gasteiger partial charge is 0.496 e. The van der Waals surface area contributed by atoms with Gasteiger partial charge in [0.1, 0.15) is 5.75 Å². The predicted molar refractivity (Wildman–Crippen MR) is 148 cm³/mol. The lowest BCUT2D eigenvalue weighted by molar-refractivity contribution is -0.136. The van der Waals surface area contributed by atoms with E-state index in [4.69, 9.17) is 21.6 Å². The third-order valence-electron chi connectivity index (χ3n) is 5.79. The third-order valence-corrected chi connectivity index (χ3v) is 6.88. The summed E-state index contributed by atoms with van der Waals surface area (Å²) in [6, 6.07) is 18.9. The summed E-state index contributed by atoms with van der Waals surface area (Å²) in [7, 11) is 1.50. The Bertz CT molecular complexity index is 1780. The maximum absolute atomic E-state index is 13.5. The Kier molecular flexibility index (Phi) is 7.19. The van der Waals surface area contributed by atoms with Gasteiger partial charge < -0.3 is 9.84 Å². The maximum Gasteiger partial charge on any atom is 0.307 e. The molecule has 192 valence electrons. The molecule has 1 amide bonds. The first kappa shape index (κ1) is 25.8. The van der Waals surface area contributed by atoms with E-state index in [2.05, 4.69) is 26.3 Å². The predicted octanol–water partition coefficient (Wildman–Crippen LogP) is 5.83. The first-order valence-corrected chi connectivity index (χ1v) is 12.7. The summed E-state index contributed by atoms with van der Waals surface area (Å²) >= 11 is 7.41. The molecule has 0 aliphatic heterocycles. The fraction of sp³-hybridized carbons (Fsp3) is 0.0714. The van der Waals surface area contributed by atoms with Crippen molar-refractivity contribution in [2.75, 3.05) is 12.4 Å². The van der Waals surface area contributed by atoms with E-state index in [1.807, 2.05) is 0 Å². The van der Waals surface area contributed by atoms with E-state index in [9.17, 15) is 14.7 Å². The van der Waals surface area contributed by atoms with Crippen LogP contribution in [-0.2, 0) is 11.2 Å². The Hall–Kier alpha value is -4.85. The number of anilines is 1. The van der Waals surface area contributed by atoms with Gasteiger partial charge in [-0.25, -0.2) is 9.97 Å². The zero-order valence-corrected chi connectivity index (χ0v) is 21.9. The van der Waals surface area contributed by atoms with Crippen LogP contribution in [0, 0.1) is 11.3 Å². The molecular weight excluding hydrogens is 538 g/mol. The average molecular weight is 556 g/mol. The monoisotopic (exact) mass is 555 g/mol. The summed E-state index contributed by atoms with van der Waals surface area (Å²) in [5.74, 6) is -0.976. The number of methoxy groups -OCH3 is 1.